The van der Waals surface area contributed by atoms with Crippen molar-refractivity contribution in [2.45, 2.75) is 39.9 Å². The molecular weight excluding hydrogens is 266 g/mol. The molecule has 0 bridgehead atoms. The van der Waals surface area contributed by atoms with E-state index in [1.54, 1.807) is 6.92 Å². The first-order valence-corrected chi connectivity index (χ1v) is 7.54. The lowest BCUT2D eigenvalue weighted by atomic mass is 10.1. The van der Waals surface area contributed by atoms with Gasteiger partial charge >= 0.3 is 6.03 Å². The van der Waals surface area contributed by atoms with E-state index in [0.717, 1.165) is 25.2 Å². The highest BCUT2D eigenvalue weighted by atomic mass is 16.3. The zero-order chi connectivity index (χ0) is 15.7. The van der Waals surface area contributed by atoms with Gasteiger partial charge in [0.1, 0.15) is 0 Å². The predicted molar refractivity (Wildman–Crippen MR) is 85.0 cm³/mol. The molecule has 3 N–H and O–H groups in total. The Labute approximate surface area is 127 Å². The molecule has 0 radical (unpaired) electrons. The number of urea groups is 1. The first kappa shape index (κ1) is 17.5. The van der Waals surface area contributed by atoms with Crippen molar-refractivity contribution in [2.75, 3.05) is 19.7 Å². The van der Waals surface area contributed by atoms with Crippen LogP contribution >= 0.6 is 0 Å². The summed E-state index contributed by atoms with van der Waals surface area (Å²) in [6.45, 7) is 9.54. The molecule has 1 rings (SSSR count). The van der Waals surface area contributed by atoms with Crippen molar-refractivity contribution in [1.82, 2.24) is 15.5 Å². The Morgan fingerprint density at radius 1 is 1.19 bits per heavy atom. The van der Waals surface area contributed by atoms with E-state index in [-0.39, 0.29) is 18.7 Å². The Bertz CT molecular complexity index is 416. The number of carbonyl (C=O) groups excluding carboxylic acids is 1. The van der Waals surface area contributed by atoms with Gasteiger partial charge in [-0.05, 0) is 31.1 Å². The van der Waals surface area contributed by atoms with E-state index >= 15 is 0 Å². The molecule has 1 aromatic rings. The fourth-order valence-electron chi connectivity index (χ4n) is 1.97. The molecule has 1 atom stereocenters. The maximum Gasteiger partial charge on any atom is 0.315 e. The van der Waals surface area contributed by atoms with E-state index in [2.05, 4.69) is 41.5 Å². The summed E-state index contributed by atoms with van der Waals surface area (Å²) in [5, 5.41) is 14.3. The third kappa shape index (κ3) is 6.60. The fraction of sp³-hybridized carbons (Fsp3) is 0.562. The van der Waals surface area contributed by atoms with Crippen LogP contribution in [0.25, 0.3) is 0 Å². The number of amides is 2. The zero-order valence-electron chi connectivity index (χ0n) is 13.2. The number of nitrogens with zero attached hydrogens (tertiary/aromatic N) is 1. The lowest BCUT2D eigenvalue weighted by molar-refractivity contribution is 0.220. The second-order valence-corrected chi connectivity index (χ2v) is 5.19. The molecule has 21 heavy (non-hydrogen) atoms. The van der Waals surface area contributed by atoms with Crippen LogP contribution in [0.3, 0.4) is 0 Å². The van der Waals surface area contributed by atoms with Crippen molar-refractivity contribution in [3.8, 4) is 0 Å². The van der Waals surface area contributed by atoms with Crippen LogP contribution in [0, 0.1) is 0 Å². The third-order valence-electron chi connectivity index (χ3n) is 3.43. The molecule has 5 nitrogen and oxygen atoms in total. The molecule has 0 aromatic heterocycles. The summed E-state index contributed by atoms with van der Waals surface area (Å²) in [5.74, 6) is 0. The number of nitrogens with one attached hydrogen (secondary N) is 2. The number of benzene rings is 1. The van der Waals surface area contributed by atoms with Gasteiger partial charge in [-0.15, -0.1) is 0 Å². The maximum atomic E-state index is 11.5. The summed E-state index contributed by atoms with van der Waals surface area (Å²) in [6, 6.07) is 7.78. The van der Waals surface area contributed by atoms with Gasteiger partial charge in [-0.25, -0.2) is 4.79 Å². The van der Waals surface area contributed by atoms with Gasteiger partial charge in [0.05, 0.1) is 12.6 Å². The van der Waals surface area contributed by atoms with Crippen LogP contribution < -0.4 is 10.6 Å². The molecule has 0 fully saturated rings. The van der Waals surface area contributed by atoms with Crippen molar-refractivity contribution in [3.63, 3.8) is 0 Å². The van der Waals surface area contributed by atoms with E-state index < -0.39 is 0 Å². The topological polar surface area (TPSA) is 64.6 Å². The highest BCUT2D eigenvalue weighted by molar-refractivity contribution is 5.74. The van der Waals surface area contributed by atoms with Crippen molar-refractivity contribution < 1.29 is 9.90 Å². The summed E-state index contributed by atoms with van der Waals surface area (Å²) >= 11 is 0. The minimum atomic E-state index is -0.260. The number of rotatable bonds is 8. The molecule has 1 aromatic carbocycles. The van der Waals surface area contributed by atoms with Gasteiger partial charge in [0.2, 0.25) is 0 Å². The van der Waals surface area contributed by atoms with Gasteiger partial charge in [-0.3, -0.25) is 4.90 Å². The molecular formula is C16H27N3O2. The van der Waals surface area contributed by atoms with Gasteiger partial charge < -0.3 is 15.7 Å². The molecule has 0 heterocycles. The number of hydrogen-bond acceptors (Lipinski definition) is 3. The molecule has 0 spiro atoms. The molecule has 0 aliphatic carbocycles. The van der Waals surface area contributed by atoms with Crippen LogP contribution in [-0.2, 0) is 13.1 Å². The van der Waals surface area contributed by atoms with Crippen molar-refractivity contribution in [2.24, 2.45) is 0 Å². The van der Waals surface area contributed by atoms with Crippen LogP contribution in [-0.4, -0.2) is 41.8 Å². The Morgan fingerprint density at radius 2 is 1.76 bits per heavy atom. The summed E-state index contributed by atoms with van der Waals surface area (Å²) in [6.07, 6.45) is 0. The van der Waals surface area contributed by atoms with E-state index in [0.29, 0.717) is 6.54 Å². The van der Waals surface area contributed by atoms with Gasteiger partial charge in [-0.2, -0.15) is 0 Å². The van der Waals surface area contributed by atoms with Gasteiger partial charge in [0.15, 0.2) is 0 Å². The average molecular weight is 293 g/mol. The highest BCUT2D eigenvalue weighted by Crippen LogP contribution is 2.07. The first-order valence-electron chi connectivity index (χ1n) is 7.54. The van der Waals surface area contributed by atoms with Gasteiger partial charge in [0, 0.05) is 13.1 Å². The lowest BCUT2D eigenvalue weighted by Gasteiger charge is -2.18. The molecule has 0 aliphatic heterocycles. The van der Waals surface area contributed by atoms with Gasteiger partial charge in [-0.1, -0.05) is 38.1 Å². The van der Waals surface area contributed by atoms with Crippen LogP contribution in [0.4, 0.5) is 4.79 Å². The van der Waals surface area contributed by atoms with Crippen LogP contribution in [0.2, 0.25) is 0 Å². The van der Waals surface area contributed by atoms with Crippen molar-refractivity contribution >= 4 is 6.03 Å². The quantitative estimate of drug-likeness (QED) is 0.683. The van der Waals surface area contributed by atoms with Crippen molar-refractivity contribution in [3.05, 3.63) is 35.4 Å². The Balaban J connectivity index is 2.42. The molecule has 1 unspecified atom stereocenters. The average Bonchev–Trinajstić information content (AvgIpc) is 2.51. The minimum absolute atomic E-state index is 0.0620. The SMILES string of the molecule is CCN(CC)Cc1ccc(CNC(=O)NC(C)CO)cc1. The van der Waals surface area contributed by atoms with Crippen LogP contribution in [0.15, 0.2) is 24.3 Å². The van der Waals surface area contributed by atoms with E-state index in [1.807, 2.05) is 12.1 Å². The third-order valence-corrected chi connectivity index (χ3v) is 3.43. The number of aliphatic hydroxyl groups is 1. The van der Waals surface area contributed by atoms with E-state index in [4.69, 9.17) is 5.11 Å². The van der Waals surface area contributed by atoms with Crippen molar-refractivity contribution in [1.29, 1.82) is 0 Å². The summed E-state index contributed by atoms with van der Waals surface area (Å²) < 4.78 is 0. The summed E-state index contributed by atoms with van der Waals surface area (Å²) in [5.41, 5.74) is 2.34. The molecule has 0 aliphatic rings. The standard InChI is InChI=1S/C16H27N3O2/c1-4-19(5-2)11-15-8-6-14(7-9-15)10-17-16(21)18-13(3)12-20/h6-9,13,20H,4-5,10-12H2,1-3H3,(H2,17,18,21). The Morgan fingerprint density at radius 3 is 2.29 bits per heavy atom. The molecule has 5 heteroatoms. The minimum Gasteiger partial charge on any atom is -0.394 e. The second-order valence-electron chi connectivity index (χ2n) is 5.19. The van der Waals surface area contributed by atoms with E-state index in [1.165, 1.54) is 5.56 Å². The van der Waals surface area contributed by atoms with Crippen LogP contribution in [0.1, 0.15) is 31.9 Å². The molecule has 0 saturated heterocycles. The summed E-state index contributed by atoms with van der Waals surface area (Å²) in [4.78, 5) is 13.9. The molecule has 0 saturated carbocycles. The second kappa shape index (κ2) is 9.37. The smallest absolute Gasteiger partial charge is 0.315 e. The Hall–Kier alpha value is -1.59. The number of aliphatic hydroxyl groups excluding tert-OH is 1. The molecule has 2 amide bonds. The Kier molecular flexibility index (Phi) is 7.79. The van der Waals surface area contributed by atoms with Gasteiger partial charge in [0.25, 0.3) is 0 Å². The fourth-order valence-corrected chi connectivity index (χ4v) is 1.97. The molecule has 118 valence electrons. The van der Waals surface area contributed by atoms with Crippen LogP contribution in [0.5, 0.6) is 0 Å². The zero-order valence-corrected chi connectivity index (χ0v) is 13.2. The highest BCUT2D eigenvalue weighted by Gasteiger charge is 2.05. The monoisotopic (exact) mass is 293 g/mol. The lowest BCUT2D eigenvalue weighted by Crippen LogP contribution is -2.41. The predicted octanol–water partition coefficient (Wildman–Crippen LogP) is 1.71. The normalized spacial score (nSPS) is 12.2. The maximum absolute atomic E-state index is 11.5. The largest absolute Gasteiger partial charge is 0.394 e. The summed E-state index contributed by atoms with van der Waals surface area (Å²) in [7, 11) is 0. The van der Waals surface area contributed by atoms with E-state index in [9.17, 15) is 4.79 Å². The number of carbonyl (C=O) groups is 1. The number of hydrogen-bond donors (Lipinski definition) is 3. The first-order chi connectivity index (χ1) is 10.1.